The van der Waals surface area contributed by atoms with Crippen LogP contribution in [0, 0.1) is 17.1 Å². The molecule has 1 aromatic carbocycles. The molecule has 3 nitrogen and oxygen atoms in total. The standard InChI is InChI=1S/C14H14FN3/c1-10(17)12-4-5-18(8-12)9-13-6-11(7-16)2-3-14(13)15/h2-6,8,10H,9,17H2,1H3. The SMILES string of the molecule is CC(N)c1ccn(Cc2cc(C#N)ccc2F)c1. The molecule has 0 aliphatic carbocycles. The van der Waals surface area contributed by atoms with E-state index < -0.39 is 0 Å². The average molecular weight is 243 g/mol. The van der Waals surface area contributed by atoms with Crippen molar-refractivity contribution in [2.75, 3.05) is 0 Å². The van der Waals surface area contributed by atoms with Gasteiger partial charge in [0.25, 0.3) is 0 Å². The molecule has 2 aromatic rings. The van der Waals surface area contributed by atoms with Gasteiger partial charge in [-0.1, -0.05) is 0 Å². The highest BCUT2D eigenvalue weighted by molar-refractivity contribution is 5.34. The molecular weight excluding hydrogens is 229 g/mol. The van der Waals surface area contributed by atoms with Crippen LogP contribution in [-0.4, -0.2) is 4.57 Å². The van der Waals surface area contributed by atoms with Gasteiger partial charge in [0.15, 0.2) is 0 Å². The summed E-state index contributed by atoms with van der Waals surface area (Å²) in [6.07, 6.45) is 3.75. The molecule has 18 heavy (non-hydrogen) atoms. The molecule has 0 fully saturated rings. The van der Waals surface area contributed by atoms with Crippen LogP contribution >= 0.6 is 0 Å². The van der Waals surface area contributed by atoms with Crippen LogP contribution in [0.4, 0.5) is 4.39 Å². The van der Waals surface area contributed by atoms with Crippen LogP contribution in [-0.2, 0) is 6.54 Å². The summed E-state index contributed by atoms with van der Waals surface area (Å²) >= 11 is 0. The van der Waals surface area contributed by atoms with Crippen LogP contribution in [0.3, 0.4) is 0 Å². The van der Waals surface area contributed by atoms with E-state index >= 15 is 0 Å². The lowest BCUT2D eigenvalue weighted by molar-refractivity contribution is 0.599. The lowest BCUT2D eigenvalue weighted by atomic mass is 10.1. The first kappa shape index (κ1) is 12.3. The number of nitrogens with two attached hydrogens (primary N) is 1. The third-order valence-electron chi connectivity index (χ3n) is 2.83. The molecular formula is C14H14FN3. The van der Waals surface area contributed by atoms with Crippen molar-refractivity contribution < 1.29 is 4.39 Å². The fourth-order valence-electron chi connectivity index (χ4n) is 1.79. The zero-order valence-corrected chi connectivity index (χ0v) is 10.1. The van der Waals surface area contributed by atoms with Gasteiger partial charge in [-0.3, -0.25) is 0 Å². The van der Waals surface area contributed by atoms with Gasteiger partial charge in [0.05, 0.1) is 11.6 Å². The van der Waals surface area contributed by atoms with Gasteiger partial charge in [-0.25, -0.2) is 4.39 Å². The largest absolute Gasteiger partial charge is 0.349 e. The number of halogens is 1. The average Bonchev–Trinajstić information content (AvgIpc) is 2.81. The van der Waals surface area contributed by atoms with E-state index in [0.717, 1.165) is 5.56 Å². The van der Waals surface area contributed by atoms with Gasteiger partial charge in [-0.05, 0) is 36.8 Å². The molecule has 0 spiro atoms. The van der Waals surface area contributed by atoms with Crippen molar-refractivity contribution in [3.05, 3.63) is 59.2 Å². The Labute approximate surface area is 105 Å². The van der Waals surface area contributed by atoms with Crippen molar-refractivity contribution >= 4 is 0 Å². The van der Waals surface area contributed by atoms with E-state index in [-0.39, 0.29) is 11.9 Å². The Morgan fingerprint density at radius 1 is 1.44 bits per heavy atom. The minimum absolute atomic E-state index is 0.0402. The fourth-order valence-corrected chi connectivity index (χ4v) is 1.79. The number of nitrogens with zero attached hydrogens (tertiary/aromatic N) is 2. The molecule has 1 heterocycles. The predicted molar refractivity (Wildman–Crippen MR) is 67.3 cm³/mol. The molecule has 2 rings (SSSR count). The normalized spacial score (nSPS) is 12.1. The molecule has 0 bridgehead atoms. The van der Waals surface area contributed by atoms with Crippen molar-refractivity contribution in [2.45, 2.75) is 19.5 Å². The summed E-state index contributed by atoms with van der Waals surface area (Å²) in [4.78, 5) is 0. The first-order chi connectivity index (χ1) is 8.60. The van der Waals surface area contributed by atoms with E-state index in [9.17, 15) is 4.39 Å². The van der Waals surface area contributed by atoms with Gasteiger partial charge < -0.3 is 10.3 Å². The molecule has 1 unspecified atom stereocenters. The first-order valence-corrected chi connectivity index (χ1v) is 5.70. The Morgan fingerprint density at radius 3 is 2.83 bits per heavy atom. The lowest BCUT2D eigenvalue weighted by Crippen LogP contribution is -2.04. The van der Waals surface area contributed by atoms with Crippen molar-refractivity contribution in [3.63, 3.8) is 0 Å². The topological polar surface area (TPSA) is 54.7 Å². The van der Waals surface area contributed by atoms with E-state index in [1.54, 1.807) is 6.07 Å². The molecule has 0 saturated heterocycles. The molecule has 1 aromatic heterocycles. The van der Waals surface area contributed by atoms with Gasteiger partial charge in [0, 0.05) is 30.5 Å². The highest BCUT2D eigenvalue weighted by atomic mass is 19.1. The highest BCUT2D eigenvalue weighted by Gasteiger charge is 2.06. The second kappa shape index (κ2) is 5.03. The number of hydrogen-bond donors (Lipinski definition) is 1. The predicted octanol–water partition coefficient (Wildman–Crippen LogP) is 2.57. The second-order valence-corrected chi connectivity index (χ2v) is 4.32. The molecule has 4 heteroatoms. The summed E-state index contributed by atoms with van der Waals surface area (Å²) in [6.45, 7) is 2.30. The van der Waals surface area contributed by atoms with Crippen molar-refractivity contribution in [1.82, 2.24) is 4.57 Å². The van der Waals surface area contributed by atoms with Crippen LogP contribution in [0.15, 0.2) is 36.7 Å². The molecule has 0 amide bonds. The van der Waals surface area contributed by atoms with Crippen LogP contribution in [0.25, 0.3) is 0 Å². The second-order valence-electron chi connectivity index (χ2n) is 4.32. The maximum Gasteiger partial charge on any atom is 0.128 e. The van der Waals surface area contributed by atoms with Gasteiger partial charge in [0.1, 0.15) is 5.82 Å². The smallest absolute Gasteiger partial charge is 0.128 e. The quantitative estimate of drug-likeness (QED) is 0.900. The number of benzene rings is 1. The summed E-state index contributed by atoms with van der Waals surface area (Å²) < 4.78 is 15.5. The van der Waals surface area contributed by atoms with Crippen molar-refractivity contribution in [1.29, 1.82) is 5.26 Å². The Kier molecular flexibility index (Phi) is 3.45. The third-order valence-corrected chi connectivity index (χ3v) is 2.83. The summed E-state index contributed by atoms with van der Waals surface area (Å²) in [7, 11) is 0. The van der Waals surface area contributed by atoms with Crippen LogP contribution in [0.5, 0.6) is 0 Å². The number of aromatic nitrogens is 1. The fraction of sp³-hybridized carbons (Fsp3) is 0.214. The van der Waals surface area contributed by atoms with Crippen LogP contribution in [0.1, 0.15) is 29.7 Å². The van der Waals surface area contributed by atoms with E-state index in [1.165, 1.54) is 12.1 Å². The van der Waals surface area contributed by atoms with Crippen molar-refractivity contribution in [3.8, 4) is 6.07 Å². The molecule has 0 radical (unpaired) electrons. The van der Waals surface area contributed by atoms with E-state index in [2.05, 4.69) is 0 Å². The Balaban J connectivity index is 2.25. The maximum atomic E-state index is 13.6. The molecule has 0 aliphatic rings. The molecule has 92 valence electrons. The lowest BCUT2D eigenvalue weighted by Gasteiger charge is -2.06. The van der Waals surface area contributed by atoms with Crippen LogP contribution < -0.4 is 5.73 Å². The highest BCUT2D eigenvalue weighted by Crippen LogP contribution is 2.15. The summed E-state index contributed by atoms with van der Waals surface area (Å²) in [5.74, 6) is -0.301. The maximum absolute atomic E-state index is 13.6. The first-order valence-electron chi connectivity index (χ1n) is 5.70. The Bertz CT molecular complexity index is 593. The Morgan fingerprint density at radius 2 is 2.22 bits per heavy atom. The van der Waals surface area contributed by atoms with E-state index in [1.807, 2.05) is 36.0 Å². The monoisotopic (exact) mass is 243 g/mol. The number of hydrogen-bond acceptors (Lipinski definition) is 2. The van der Waals surface area contributed by atoms with E-state index in [4.69, 9.17) is 11.0 Å². The van der Waals surface area contributed by atoms with Crippen molar-refractivity contribution in [2.24, 2.45) is 5.73 Å². The van der Waals surface area contributed by atoms with Gasteiger partial charge >= 0.3 is 0 Å². The van der Waals surface area contributed by atoms with Gasteiger partial charge in [0.2, 0.25) is 0 Å². The van der Waals surface area contributed by atoms with Crippen LogP contribution in [0.2, 0.25) is 0 Å². The molecule has 2 N–H and O–H groups in total. The number of rotatable bonds is 3. The summed E-state index contributed by atoms with van der Waals surface area (Å²) in [5.41, 5.74) is 7.74. The summed E-state index contributed by atoms with van der Waals surface area (Å²) in [6, 6.07) is 8.25. The summed E-state index contributed by atoms with van der Waals surface area (Å²) in [5, 5.41) is 8.80. The zero-order chi connectivity index (χ0) is 13.1. The van der Waals surface area contributed by atoms with Gasteiger partial charge in [-0.2, -0.15) is 5.26 Å². The molecule has 0 aliphatic heterocycles. The minimum Gasteiger partial charge on any atom is -0.349 e. The Hall–Kier alpha value is -2.12. The molecule has 0 saturated carbocycles. The van der Waals surface area contributed by atoms with E-state index in [0.29, 0.717) is 17.7 Å². The molecule has 1 atom stereocenters. The minimum atomic E-state index is -0.301. The number of nitriles is 1. The zero-order valence-electron chi connectivity index (χ0n) is 10.1. The van der Waals surface area contributed by atoms with Gasteiger partial charge in [-0.15, -0.1) is 0 Å². The third kappa shape index (κ3) is 2.58.